The Morgan fingerprint density at radius 1 is 0.867 bits per heavy atom. The zero-order chi connectivity index (χ0) is 11.4. The molecule has 0 fully saturated rings. The van der Waals surface area contributed by atoms with Crippen molar-refractivity contribution in [3.63, 3.8) is 0 Å². The summed E-state index contributed by atoms with van der Waals surface area (Å²) in [4.78, 5) is 10.8. The molecule has 0 N–H and O–H groups in total. The van der Waals surface area contributed by atoms with Gasteiger partial charge in [-0.1, -0.05) is 58.8 Å². The maximum Gasteiger partial charge on any atom is 0.305 e. The molecule has 0 saturated heterocycles. The predicted molar refractivity (Wildman–Crippen MR) is 63.9 cm³/mol. The van der Waals surface area contributed by atoms with Crippen LogP contribution in [0.1, 0.15) is 71.6 Å². The van der Waals surface area contributed by atoms with Crippen LogP contribution in [0.2, 0.25) is 0 Å². The van der Waals surface area contributed by atoms with Gasteiger partial charge in [0.1, 0.15) is 0 Å². The van der Waals surface area contributed by atoms with E-state index < -0.39 is 0 Å². The molecule has 0 aromatic heterocycles. The van der Waals surface area contributed by atoms with Gasteiger partial charge in [0.05, 0.1) is 6.61 Å². The van der Waals surface area contributed by atoms with E-state index in [1.807, 2.05) is 6.92 Å². The van der Waals surface area contributed by atoms with Gasteiger partial charge >= 0.3 is 5.97 Å². The van der Waals surface area contributed by atoms with Gasteiger partial charge in [-0.3, -0.25) is 4.79 Å². The molecule has 0 radical (unpaired) electrons. The molecule has 0 rings (SSSR count). The van der Waals surface area contributed by atoms with Crippen LogP contribution in [-0.2, 0) is 9.53 Å². The summed E-state index contributed by atoms with van der Waals surface area (Å²) < 4.78 is 5.00. The summed E-state index contributed by atoms with van der Waals surface area (Å²) in [5.74, 6) is -0.0713. The molecule has 0 heterocycles. The summed E-state index contributed by atoms with van der Waals surface area (Å²) in [6.45, 7) is 4.68. The fourth-order valence-electron chi connectivity index (χ4n) is 1.52. The molecule has 0 aliphatic heterocycles. The second-order valence-corrected chi connectivity index (χ2v) is 4.05. The van der Waals surface area contributed by atoms with E-state index in [9.17, 15) is 4.79 Å². The first-order valence-corrected chi connectivity index (χ1v) is 6.46. The van der Waals surface area contributed by atoms with E-state index in [2.05, 4.69) is 6.92 Å². The highest BCUT2D eigenvalue weighted by molar-refractivity contribution is 5.68. The van der Waals surface area contributed by atoms with Crippen molar-refractivity contribution in [3.05, 3.63) is 0 Å². The standard InChI is InChI=1S/C13H26O2/c1-3-5-6-7-8-9-10-11-12-15-13(14)4-2/h3-12H2,1-2H3. The zero-order valence-electron chi connectivity index (χ0n) is 10.4. The highest BCUT2D eigenvalue weighted by atomic mass is 16.5. The second kappa shape index (κ2) is 11.5. The molecule has 0 bridgehead atoms. The summed E-state index contributed by atoms with van der Waals surface area (Å²) >= 11 is 0. The van der Waals surface area contributed by atoms with E-state index in [0.29, 0.717) is 13.0 Å². The second-order valence-electron chi connectivity index (χ2n) is 4.05. The monoisotopic (exact) mass is 214 g/mol. The summed E-state index contributed by atoms with van der Waals surface area (Å²) in [6, 6.07) is 0. The van der Waals surface area contributed by atoms with Gasteiger partial charge < -0.3 is 4.74 Å². The zero-order valence-corrected chi connectivity index (χ0v) is 10.4. The van der Waals surface area contributed by atoms with Gasteiger partial charge in [-0.15, -0.1) is 0 Å². The number of unbranched alkanes of at least 4 members (excludes halogenated alkanes) is 7. The number of carbonyl (C=O) groups excluding carboxylic acids is 1. The fraction of sp³-hybridized carbons (Fsp3) is 0.923. The summed E-state index contributed by atoms with van der Waals surface area (Å²) in [6.07, 6.45) is 10.8. The Bertz CT molecular complexity index is 143. The Labute approximate surface area is 94.4 Å². The molecular weight excluding hydrogens is 188 g/mol. The maximum atomic E-state index is 10.8. The molecule has 15 heavy (non-hydrogen) atoms. The molecule has 90 valence electrons. The van der Waals surface area contributed by atoms with Gasteiger partial charge in [0, 0.05) is 6.42 Å². The first-order chi connectivity index (χ1) is 7.31. The van der Waals surface area contributed by atoms with Gasteiger partial charge in [-0.2, -0.15) is 0 Å². The van der Waals surface area contributed by atoms with Crippen LogP contribution in [-0.4, -0.2) is 12.6 Å². The van der Waals surface area contributed by atoms with E-state index in [4.69, 9.17) is 4.74 Å². The first-order valence-electron chi connectivity index (χ1n) is 6.46. The van der Waals surface area contributed by atoms with E-state index in [-0.39, 0.29) is 5.97 Å². The molecule has 0 aliphatic carbocycles. The molecule has 0 amide bonds. The molecule has 0 saturated carbocycles. The average Bonchev–Trinajstić information content (AvgIpc) is 2.26. The smallest absolute Gasteiger partial charge is 0.305 e. The minimum atomic E-state index is -0.0713. The number of hydrogen-bond donors (Lipinski definition) is 0. The molecule has 0 spiro atoms. The van der Waals surface area contributed by atoms with Gasteiger partial charge in [-0.25, -0.2) is 0 Å². The Morgan fingerprint density at radius 2 is 1.40 bits per heavy atom. The normalized spacial score (nSPS) is 10.3. The van der Waals surface area contributed by atoms with Gasteiger partial charge in [0.25, 0.3) is 0 Å². The number of esters is 1. The van der Waals surface area contributed by atoms with Crippen LogP contribution in [0.15, 0.2) is 0 Å². The third kappa shape index (κ3) is 11.4. The van der Waals surface area contributed by atoms with Crippen LogP contribution in [0.4, 0.5) is 0 Å². The lowest BCUT2D eigenvalue weighted by Gasteiger charge is -2.03. The maximum absolute atomic E-state index is 10.8. The molecule has 2 nitrogen and oxygen atoms in total. The number of carbonyl (C=O) groups is 1. The molecule has 0 aromatic carbocycles. The number of ether oxygens (including phenoxy) is 1. The van der Waals surface area contributed by atoms with E-state index in [1.54, 1.807) is 0 Å². The van der Waals surface area contributed by atoms with Crippen molar-refractivity contribution in [2.24, 2.45) is 0 Å². The predicted octanol–water partition coefficient (Wildman–Crippen LogP) is 4.08. The summed E-state index contributed by atoms with van der Waals surface area (Å²) in [7, 11) is 0. The molecular formula is C13H26O2. The van der Waals surface area contributed by atoms with Gasteiger partial charge in [0.2, 0.25) is 0 Å². The van der Waals surface area contributed by atoms with Crippen LogP contribution < -0.4 is 0 Å². The third-order valence-corrected chi connectivity index (χ3v) is 2.55. The Morgan fingerprint density at radius 3 is 1.93 bits per heavy atom. The topological polar surface area (TPSA) is 26.3 Å². The average molecular weight is 214 g/mol. The van der Waals surface area contributed by atoms with Crippen molar-refractivity contribution in [2.45, 2.75) is 71.6 Å². The van der Waals surface area contributed by atoms with E-state index in [1.165, 1.54) is 44.9 Å². The van der Waals surface area contributed by atoms with Crippen LogP contribution >= 0.6 is 0 Å². The Balaban J connectivity index is 2.95. The van der Waals surface area contributed by atoms with Crippen LogP contribution in [0, 0.1) is 0 Å². The summed E-state index contributed by atoms with van der Waals surface area (Å²) in [5.41, 5.74) is 0. The molecule has 2 heteroatoms. The fourth-order valence-corrected chi connectivity index (χ4v) is 1.52. The van der Waals surface area contributed by atoms with E-state index >= 15 is 0 Å². The molecule has 0 atom stereocenters. The third-order valence-electron chi connectivity index (χ3n) is 2.55. The van der Waals surface area contributed by atoms with Crippen molar-refractivity contribution in [2.75, 3.05) is 6.61 Å². The Hall–Kier alpha value is -0.530. The van der Waals surface area contributed by atoms with E-state index in [0.717, 1.165) is 6.42 Å². The minimum Gasteiger partial charge on any atom is -0.466 e. The molecule has 0 aliphatic rings. The van der Waals surface area contributed by atoms with Gasteiger partial charge in [0.15, 0.2) is 0 Å². The Kier molecular flexibility index (Phi) is 11.1. The first kappa shape index (κ1) is 14.5. The number of hydrogen-bond acceptors (Lipinski definition) is 2. The highest BCUT2D eigenvalue weighted by Crippen LogP contribution is 2.08. The molecule has 0 unspecified atom stereocenters. The van der Waals surface area contributed by atoms with Crippen molar-refractivity contribution < 1.29 is 9.53 Å². The minimum absolute atomic E-state index is 0.0713. The van der Waals surface area contributed by atoms with Crippen LogP contribution in [0.25, 0.3) is 0 Å². The van der Waals surface area contributed by atoms with Gasteiger partial charge in [-0.05, 0) is 6.42 Å². The quantitative estimate of drug-likeness (QED) is 0.404. The molecule has 0 aromatic rings. The van der Waals surface area contributed by atoms with Crippen LogP contribution in [0.3, 0.4) is 0 Å². The lowest BCUT2D eigenvalue weighted by molar-refractivity contribution is -0.143. The van der Waals surface area contributed by atoms with Crippen molar-refractivity contribution >= 4 is 5.97 Å². The van der Waals surface area contributed by atoms with Crippen molar-refractivity contribution in [1.82, 2.24) is 0 Å². The van der Waals surface area contributed by atoms with Crippen LogP contribution in [0.5, 0.6) is 0 Å². The largest absolute Gasteiger partial charge is 0.466 e. The SMILES string of the molecule is CCCCCCCCCCOC(=O)CC. The highest BCUT2D eigenvalue weighted by Gasteiger charge is 1.97. The lowest BCUT2D eigenvalue weighted by atomic mass is 10.1. The van der Waals surface area contributed by atoms with Crippen molar-refractivity contribution in [3.8, 4) is 0 Å². The number of rotatable bonds is 10. The lowest BCUT2D eigenvalue weighted by Crippen LogP contribution is -2.03. The van der Waals surface area contributed by atoms with Crippen molar-refractivity contribution in [1.29, 1.82) is 0 Å². The summed E-state index contributed by atoms with van der Waals surface area (Å²) in [5, 5.41) is 0.